The third kappa shape index (κ3) is 4.29. The molecule has 1 aromatic rings. The first kappa shape index (κ1) is 14.5. The number of carbonyl (C=O) groups excluding carboxylic acids is 1. The summed E-state index contributed by atoms with van der Waals surface area (Å²) >= 11 is 0. The number of hydrogen-bond acceptors (Lipinski definition) is 3. The Hall–Kier alpha value is -1.39. The van der Waals surface area contributed by atoms with Crippen molar-refractivity contribution in [3.8, 4) is 0 Å². The molecular weight excluding hydrogens is 262 g/mol. The van der Waals surface area contributed by atoms with E-state index in [0.717, 1.165) is 32.6 Å². The van der Waals surface area contributed by atoms with Crippen molar-refractivity contribution in [1.29, 1.82) is 0 Å². The lowest BCUT2D eigenvalue weighted by atomic mass is 10.0. The van der Waals surface area contributed by atoms with Crippen LogP contribution in [-0.4, -0.2) is 43.5 Å². The molecule has 0 aromatic heterocycles. The van der Waals surface area contributed by atoms with E-state index in [1.54, 1.807) is 0 Å². The van der Waals surface area contributed by atoms with Crippen LogP contribution in [0.1, 0.15) is 30.9 Å². The number of nitrogens with one attached hydrogen (secondary N) is 2. The molecule has 1 unspecified atom stereocenters. The number of nitrogens with zero attached hydrogens (tertiary/aromatic N) is 1. The summed E-state index contributed by atoms with van der Waals surface area (Å²) in [6, 6.07) is 10.6. The molecule has 1 amide bonds. The highest BCUT2D eigenvalue weighted by Crippen LogP contribution is 2.40. The van der Waals surface area contributed by atoms with Crippen molar-refractivity contribution in [2.75, 3.05) is 32.7 Å². The van der Waals surface area contributed by atoms with Gasteiger partial charge in [0.15, 0.2) is 0 Å². The zero-order chi connectivity index (χ0) is 14.5. The maximum atomic E-state index is 12.4. The first-order chi connectivity index (χ1) is 10.3. The zero-order valence-electron chi connectivity index (χ0n) is 12.6. The molecule has 1 aromatic carbocycles. The third-order valence-corrected chi connectivity index (χ3v) is 4.37. The molecule has 1 heterocycles. The Morgan fingerprint density at radius 1 is 1.24 bits per heavy atom. The smallest absolute Gasteiger partial charge is 0.234 e. The fourth-order valence-electron chi connectivity index (χ4n) is 3.05. The highest BCUT2D eigenvalue weighted by atomic mass is 16.2. The summed E-state index contributed by atoms with van der Waals surface area (Å²) in [4.78, 5) is 14.6. The summed E-state index contributed by atoms with van der Waals surface area (Å²) in [6.07, 6.45) is 3.58. The van der Waals surface area contributed by atoms with Gasteiger partial charge in [-0.15, -0.1) is 0 Å². The van der Waals surface area contributed by atoms with Crippen LogP contribution in [0.3, 0.4) is 0 Å². The number of amides is 1. The molecule has 21 heavy (non-hydrogen) atoms. The minimum atomic E-state index is 0.164. The zero-order valence-corrected chi connectivity index (χ0v) is 12.6. The molecule has 3 rings (SSSR count). The number of rotatable bonds is 5. The second kappa shape index (κ2) is 7.05. The molecule has 2 aliphatic rings. The van der Waals surface area contributed by atoms with Gasteiger partial charge in [0.1, 0.15) is 0 Å². The van der Waals surface area contributed by atoms with Gasteiger partial charge in [0.25, 0.3) is 0 Å². The molecule has 0 spiro atoms. The Morgan fingerprint density at radius 3 is 2.81 bits per heavy atom. The van der Waals surface area contributed by atoms with E-state index in [0.29, 0.717) is 12.5 Å². The van der Waals surface area contributed by atoms with Crippen molar-refractivity contribution in [2.45, 2.75) is 25.3 Å². The van der Waals surface area contributed by atoms with Crippen molar-refractivity contribution < 1.29 is 4.79 Å². The molecular formula is C17H25N3O. The standard InChI is InChI=1S/C17H25N3O/c21-16(13-20-11-4-9-18-10-12-20)19-17(15-7-8-15)14-5-2-1-3-6-14/h1-3,5-6,15,17-18H,4,7-13H2,(H,19,21). The van der Waals surface area contributed by atoms with E-state index < -0.39 is 0 Å². The van der Waals surface area contributed by atoms with Crippen LogP contribution in [0.15, 0.2) is 30.3 Å². The maximum Gasteiger partial charge on any atom is 0.234 e. The van der Waals surface area contributed by atoms with Gasteiger partial charge in [-0.2, -0.15) is 0 Å². The van der Waals surface area contributed by atoms with Crippen molar-refractivity contribution in [1.82, 2.24) is 15.5 Å². The van der Waals surface area contributed by atoms with Crippen LogP contribution in [0.4, 0.5) is 0 Å². The molecule has 1 atom stereocenters. The minimum absolute atomic E-state index is 0.164. The Bertz CT molecular complexity index is 450. The molecule has 4 heteroatoms. The summed E-state index contributed by atoms with van der Waals surface area (Å²) in [5, 5.41) is 6.63. The average Bonchev–Trinajstić information content (AvgIpc) is 3.33. The predicted molar refractivity (Wildman–Crippen MR) is 84.0 cm³/mol. The fourth-order valence-corrected chi connectivity index (χ4v) is 3.05. The highest BCUT2D eigenvalue weighted by Gasteiger charge is 2.33. The van der Waals surface area contributed by atoms with E-state index in [-0.39, 0.29) is 11.9 Å². The van der Waals surface area contributed by atoms with Crippen molar-refractivity contribution in [3.05, 3.63) is 35.9 Å². The van der Waals surface area contributed by atoms with E-state index in [9.17, 15) is 4.79 Å². The van der Waals surface area contributed by atoms with Crippen LogP contribution >= 0.6 is 0 Å². The molecule has 4 nitrogen and oxygen atoms in total. The summed E-state index contributed by atoms with van der Waals surface area (Å²) in [5.41, 5.74) is 1.24. The van der Waals surface area contributed by atoms with E-state index in [2.05, 4.69) is 39.8 Å². The minimum Gasteiger partial charge on any atom is -0.348 e. The number of carbonyl (C=O) groups is 1. The summed E-state index contributed by atoms with van der Waals surface area (Å²) in [5.74, 6) is 0.791. The Kier molecular flexibility index (Phi) is 4.88. The van der Waals surface area contributed by atoms with E-state index in [4.69, 9.17) is 0 Å². The molecule has 1 aliphatic carbocycles. The van der Waals surface area contributed by atoms with E-state index in [1.807, 2.05) is 6.07 Å². The molecule has 1 saturated carbocycles. The largest absolute Gasteiger partial charge is 0.348 e. The van der Waals surface area contributed by atoms with Crippen LogP contribution in [0.5, 0.6) is 0 Å². The number of benzene rings is 1. The quantitative estimate of drug-likeness (QED) is 0.863. The molecule has 2 N–H and O–H groups in total. The summed E-state index contributed by atoms with van der Waals surface area (Å²) < 4.78 is 0. The van der Waals surface area contributed by atoms with Crippen LogP contribution in [-0.2, 0) is 4.79 Å². The molecule has 114 valence electrons. The fraction of sp³-hybridized carbons (Fsp3) is 0.588. The third-order valence-electron chi connectivity index (χ3n) is 4.37. The van der Waals surface area contributed by atoms with Gasteiger partial charge < -0.3 is 10.6 Å². The van der Waals surface area contributed by atoms with E-state index in [1.165, 1.54) is 18.4 Å². The maximum absolute atomic E-state index is 12.4. The molecule has 0 radical (unpaired) electrons. The summed E-state index contributed by atoms with van der Waals surface area (Å²) in [7, 11) is 0. The van der Waals surface area contributed by atoms with Gasteiger partial charge in [-0.05, 0) is 43.8 Å². The summed E-state index contributed by atoms with van der Waals surface area (Å²) in [6.45, 7) is 4.55. The van der Waals surface area contributed by atoms with Gasteiger partial charge in [-0.3, -0.25) is 9.69 Å². The van der Waals surface area contributed by atoms with Crippen LogP contribution in [0.25, 0.3) is 0 Å². The monoisotopic (exact) mass is 287 g/mol. The van der Waals surface area contributed by atoms with Crippen LogP contribution in [0, 0.1) is 5.92 Å². The SMILES string of the molecule is O=C(CN1CCCNCC1)NC(c1ccccc1)C1CC1. The van der Waals surface area contributed by atoms with Gasteiger partial charge in [-0.1, -0.05) is 30.3 Å². The normalized spacial score (nSPS) is 21.5. The molecule has 1 aliphatic heterocycles. The first-order valence-electron chi connectivity index (χ1n) is 8.10. The van der Waals surface area contributed by atoms with Gasteiger partial charge >= 0.3 is 0 Å². The van der Waals surface area contributed by atoms with E-state index >= 15 is 0 Å². The van der Waals surface area contributed by atoms with Crippen LogP contribution < -0.4 is 10.6 Å². The van der Waals surface area contributed by atoms with Crippen LogP contribution in [0.2, 0.25) is 0 Å². The van der Waals surface area contributed by atoms with Crippen molar-refractivity contribution in [2.24, 2.45) is 5.92 Å². The first-order valence-corrected chi connectivity index (χ1v) is 8.10. The second-order valence-electron chi connectivity index (χ2n) is 6.17. The lowest BCUT2D eigenvalue weighted by Crippen LogP contribution is -2.40. The topological polar surface area (TPSA) is 44.4 Å². The average molecular weight is 287 g/mol. The van der Waals surface area contributed by atoms with Gasteiger partial charge in [0.05, 0.1) is 12.6 Å². The van der Waals surface area contributed by atoms with Gasteiger partial charge in [0.2, 0.25) is 5.91 Å². The molecule has 1 saturated heterocycles. The Labute approximate surface area is 126 Å². The lowest BCUT2D eigenvalue weighted by molar-refractivity contribution is -0.123. The van der Waals surface area contributed by atoms with Gasteiger partial charge in [-0.25, -0.2) is 0 Å². The molecule has 2 fully saturated rings. The Balaban J connectivity index is 1.56. The number of hydrogen-bond donors (Lipinski definition) is 2. The van der Waals surface area contributed by atoms with Crippen molar-refractivity contribution in [3.63, 3.8) is 0 Å². The lowest BCUT2D eigenvalue weighted by Gasteiger charge is -2.23. The second-order valence-corrected chi connectivity index (χ2v) is 6.17. The Morgan fingerprint density at radius 2 is 2.05 bits per heavy atom. The molecule has 0 bridgehead atoms. The predicted octanol–water partition coefficient (Wildman–Crippen LogP) is 1.55. The van der Waals surface area contributed by atoms with Crippen molar-refractivity contribution >= 4 is 5.91 Å². The highest BCUT2D eigenvalue weighted by molar-refractivity contribution is 5.78. The van der Waals surface area contributed by atoms with Gasteiger partial charge in [0, 0.05) is 13.1 Å².